The van der Waals surface area contributed by atoms with Gasteiger partial charge in [0, 0.05) is 26.2 Å². The second-order valence-electron chi connectivity index (χ2n) is 6.97. The van der Waals surface area contributed by atoms with E-state index in [1.807, 2.05) is 0 Å². The fourth-order valence-corrected chi connectivity index (χ4v) is 2.35. The summed E-state index contributed by atoms with van der Waals surface area (Å²) in [6, 6.07) is 0. The van der Waals surface area contributed by atoms with Gasteiger partial charge in [-0.2, -0.15) is 0 Å². The maximum absolute atomic E-state index is 10.7. The van der Waals surface area contributed by atoms with E-state index in [1.54, 1.807) is 0 Å². The second kappa shape index (κ2) is 13.9. The molecule has 0 aromatic heterocycles. The van der Waals surface area contributed by atoms with Crippen molar-refractivity contribution in [2.45, 2.75) is 12.8 Å². The Hall–Kier alpha value is -0.346. The first-order valence-corrected chi connectivity index (χ1v) is 10.8. The van der Waals surface area contributed by atoms with Crippen LogP contribution >= 0.6 is 7.81 Å². The summed E-state index contributed by atoms with van der Waals surface area (Å²) in [6.45, 7) is 9.63. The van der Waals surface area contributed by atoms with Gasteiger partial charge in [-0.1, -0.05) is 0 Å². The molecule has 0 amide bonds. The van der Waals surface area contributed by atoms with Crippen LogP contribution in [0.4, 0.5) is 25.2 Å². The van der Waals surface area contributed by atoms with Gasteiger partial charge in [-0.25, -0.2) is 0 Å². The van der Waals surface area contributed by atoms with Gasteiger partial charge >= 0.3 is 49.5 Å². The van der Waals surface area contributed by atoms with Crippen LogP contribution in [0.1, 0.15) is 12.8 Å². The number of likely N-dealkylation sites (N-methyl/N-ethyl adjacent to an activating group) is 4. The maximum Gasteiger partial charge on any atom is 2.00 e. The Morgan fingerprint density at radius 2 is 0.690 bits per heavy atom. The van der Waals surface area contributed by atoms with Crippen molar-refractivity contribution in [3.05, 3.63) is 16.0 Å². The molecule has 0 N–H and O–H groups in total. The molecule has 15 heteroatoms. The van der Waals surface area contributed by atoms with E-state index in [9.17, 15) is 25.2 Å². The quantitative estimate of drug-likeness (QED) is 0.120. The average molecular weight is 502 g/mol. The fourth-order valence-electron chi connectivity index (χ4n) is 2.35. The van der Waals surface area contributed by atoms with E-state index < -0.39 is 7.81 Å². The molecule has 1 saturated heterocycles. The van der Waals surface area contributed by atoms with Crippen molar-refractivity contribution >= 4 is 7.81 Å². The standard InChI is InChI=1S/C14H32N4.F6P.N3.Ni/c1-15-7-5-8-17(3)13-14-18(4)10-6-9-16(2)12-11-15;1-7(2,3,4,5)6;1-3-2;/h5-14H2,1-4H3;;;/q;2*-1;+2. The molecule has 180 valence electrons. The Labute approximate surface area is 178 Å². The van der Waals surface area contributed by atoms with Crippen LogP contribution in [0.2, 0.25) is 0 Å². The van der Waals surface area contributed by atoms with E-state index in [4.69, 9.17) is 11.1 Å². The molecule has 0 unspecified atom stereocenters. The zero-order chi connectivity index (χ0) is 22.5. The topological polar surface area (TPSA) is 71.7 Å². The van der Waals surface area contributed by atoms with E-state index >= 15 is 0 Å². The number of hydrogen-bond acceptors (Lipinski definition) is 4. The number of halogens is 6. The zero-order valence-electron chi connectivity index (χ0n) is 17.2. The van der Waals surface area contributed by atoms with Crippen molar-refractivity contribution in [1.82, 2.24) is 19.6 Å². The third-order valence-electron chi connectivity index (χ3n) is 3.89. The van der Waals surface area contributed by atoms with Gasteiger partial charge in [0.25, 0.3) is 0 Å². The predicted molar refractivity (Wildman–Crippen MR) is 103 cm³/mol. The van der Waals surface area contributed by atoms with Crippen molar-refractivity contribution in [2.24, 2.45) is 0 Å². The Balaban J connectivity index is -0.000000516. The van der Waals surface area contributed by atoms with Gasteiger partial charge < -0.3 is 30.7 Å². The maximum atomic E-state index is 9.87. The van der Waals surface area contributed by atoms with Crippen molar-refractivity contribution in [2.75, 3.05) is 80.5 Å². The summed E-state index contributed by atoms with van der Waals surface area (Å²) in [5, 5.41) is 0. The first-order chi connectivity index (χ1) is 12.4. The summed E-state index contributed by atoms with van der Waals surface area (Å²) >= 11 is 0. The van der Waals surface area contributed by atoms with Gasteiger partial charge in [0.1, 0.15) is 0 Å². The monoisotopic (exact) mass is 501 g/mol. The molecule has 0 bridgehead atoms. The summed E-state index contributed by atoms with van der Waals surface area (Å²) < 4.78 is 59.2. The second-order valence-corrected chi connectivity index (χ2v) is 8.88. The minimum absolute atomic E-state index is 0. The van der Waals surface area contributed by atoms with Crippen molar-refractivity contribution in [3.63, 3.8) is 0 Å². The molecule has 0 aromatic rings. The molecular weight excluding hydrogens is 470 g/mol. The molecule has 0 saturated carbocycles. The third-order valence-corrected chi connectivity index (χ3v) is 3.89. The molecule has 1 rings (SSSR count). The van der Waals surface area contributed by atoms with Crippen LogP contribution in [0.25, 0.3) is 16.0 Å². The van der Waals surface area contributed by atoms with E-state index in [-0.39, 0.29) is 16.5 Å². The van der Waals surface area contributed by atoms with Gasteiger partial charge in [-0.05, 0) is 67.2 Å². The van der Waals surface area contributed by atoms with Crippen LogP contribution in [0.3, 0.4) is 0 Å². The molecule has 0 aromatic carbocycles. The van der Waals surface area contributed by atoms with Crippen LogP contribution in [-0.2, 0) is 16.5 Å². The molecular formula is C14H32F6N7NiP. The molecule has 0 aliphatic carbocycles. The van der Waals surface area contributed by atoms with Crippen LogP contribution in [0.15, 0.2) is 0 Å². The number of hydrogen-bond donors (Lipinski definition) is 0. The SMILES string of the molecule is CN1CCCN(C)CCN(C)CCCN(C)CC1.F[P-](F)(F)(F)(F)F.[N-]=[N+]=[N-].[Ni+2]. The Kier molecular flexibility index (Phi) is 15.9. The van der Waals surface area contributed by atoms with Crippen LogP contribution < -0.4 is 0 Å². The molecule has 0 spiro atoms. The van der Waals surface area contributed by atoms with Crippen LogP contribution in [0, 0.1) is 0 Å². The van der Waals surface area contributed by atoms with E-state index in [2.05, 4.69) is 47.8 Å². The molecule has 0 radical (unpaired) electrons. The molecule has 7 nitrogen and oxygen atoms in total. The summed E-state index contributed by atoms with van der Waals surface area (Å²) in [5.41, 5.74) is 13.5. The van der Waals surface area contributed by atoms with Gasteiger partial charge in [0.15, 0.2) is 0 Å². The molecule has 1 fully saturated rings. The van der Waals surface area contributed by atoms with E-state index in [0.717, 1.165) is 0 Å². The van der Waals surface area contributed by atoms with E-state index in [1.165, 1.54) is 70.1 Å². The minimum atomic E-state index is -10.7. The third kappa shape index (κ3) is 38.8. The Bertz CT molecular complexity index is 408. The van der Waals surface area contributed by atoms with Crippen LogP contribution in [-0.4, -0.2) is 100 Å². The molecule has 29 heavy (non-hydrogen) atoms. The smallest absolute Gasteiger partial charge is 0.373 e. The summed E-state index contributed by atoms with van der Waals surface area (Å²) in [4.78, 5) is 11.3. The summed E-state index contributed by atoms with van der Waals surface area (Å²) in [5.74, 6) is 0. The largest absolute Gasteiger partial charge is 2.00 e. The van der Waals surface area contributed by atoms with Crippen LogP contribution in [0.5, 0.6) is 0 Å². The molecule has 1 aliphatic rings. The predicted octanol–water partition coefficient (Wildman–Crippen LogP) is 4.75. The summed E-state index contributed by atoms with van der Waals surface area (Å²) in [7, 11) is -1.68. The Morgan fingerprint density at radius 1 is 0.552 bits per heavy atom. The number of nitrogens with zero attached hydrogens (tertiary/aromatic N) is 7. The Morgan fingerprint density at radius 3 is 0.828 bits per heavy atom. The number of rotatable bonds is 0. The zero-order valence-corrected chi connectivity index (χ0v) is 19.1. The van der Waals surface area contributed by atoms with E-state index in [0.29, 0.717) is 0 Å². The van der Waals surface area contributed by atoms with Crippen molar-refractivity contribution in [3.8, 4) is 0 Å². The minimum Gasteiger partial charge on any atom is -0.373 e. The average Bonchev–Trinajstić information content (AvgIpc) is 2.48. The molecule has 0 atom stereocenters. The normalized spacial score (nSPS) is 22.0. The van der Waals surface area contributed by atoms with Gasteiger partial charge in [-0.15, -0.1) is 0 Å². The summed E-state index contributed by atoms with van der Waals surface area (Å²) in [6.07, 6.45) is 2.56. The molecule has 1 aliphatic heterocycles. The van der Waals surface area contributed by atoms with Gasteiger partial charge in [0.05, 0.1) is 0 Å². The molecule has 1 heterocycles. The van der Waals surface area contributed by atoms with Crippen molar-refractivity contribution in [1.29, 1.82) is 0 Å². The first-order valence-electron chi connectivity index (χ1n) is 8.73. The van der Waals surface area contributed by atoms with Crippen molar-refractivity contribution < 1.29 is 41.7 Å². The first kappa shape index (κ1) is 33.3. The van der Waals surface area contributed by atoms with Gasteiger partial charge in [0.2, 0.25) is 0 Å². The van der Waals surface area contributed by atoms with Gasteiger partial charge in [-0.3, -0.25) is 4.91 Å². The fraction of sp³-hybridized carbons (Fsp3) is 1.00.